The molecule has 1 unspecified atom stereocenters. The molecule has 106 valence electrons. The highest BCUT2D eigenvalue weighted by molar-refractivity contribution is 8.00. The molecule has 0 aliphatic carbocycles. The summed E-state index contributed by atoms with van der Waals surface area (Å²) in [6, 6.07) is 3.86. The van der Waals surface area contributed by atoms with Gasteiger partial charge in [0.2, 0.25) is 0 Å². The van der Waals surface area contributed by atoms with E-state index in [1.807, 2.05) is 17.0 Å². The third kappa shape index (κ3) is 3.92. The number of nitrogens with two attached hydrogens (primary N) is 1. The molecule has 1 aromatic heterocycles. The first-order chi connectivity index (χ1) is 9.00. The van der Waals surface area contributed by atoms with Crippen LogP contribution in [0.1, 0.15) is 11.3 Å². The molecular weight excluding hydrogens is 282 g/mol. The zero-order valence-corrected chi connectivity index (χ0v) is 12.6. The van der Waals surface area contributed by atoms with Crippen LogP contribution in [0.25, 0.3) is 0 Å². The van der Waals surface area contributed by atoms with Crippen LogP contribution in [-0.2, 0) is 22.9 Å². The molecule has 0 amide bonds. The monoisotopic (exact) mass is 301 g/mol. The minimum Gasteiger partial charge on any atom is -0.326 e. The summed E-state index contributed by atoms with van der Waals surface area (Å²) in [6.07, 6.45) is 3.06. The number of hydrogen-bond donors (Lipinski definition) is 1. The van der Waals surface area contributed by atoms with E-state index in [2.05, 4.69) is 4.98 Å². The summed E-state index contributed by atoms with van der Waals surface area (Å²) >= 11 is 1.69. The Kier molecular flexibility index (Phi) is 4.83. The molecule has 1 aliphatic heterocycles. The molecule has 2 rings (SSSR count). The van der Waals surface area contributed by atoms with Crippen LogP contribution in [0, 0.1) is 0 Å². The number of rotatable bonds is 4. The standard InChI is InChI=1S/C12H19N3O2S2/c1-19(16,17)12-9-18-5-4-15(12)8-11-3-2-10(6-13)7-14-11/h2-3,7,12H,4-6,8-9,13H2,1H3. The van der Waals surface area contributed by atoms with Crippen LogP contribution in [0.4, 0.5) is 0 Å². The van der Waals surface area contributed by atoms with Crippen LogP contribution in [0.5, 0.6) is 0 Å². The van der Waals surface area contributed by atoms with Crippen molar-refractivity contribution in [3.8, 4) is 0 Å². The highest BCUT2D eigenvalue weighted by Crippen LogP contribution is 2.21. The van der Waals surface area contributed by atoms with E-state index in [1.54, 1.807) is 18.0 Å². The minimum atomic E-state index is -3.05. The van der Waals surface area contributed by atoms with E-state index >= 15 is 0 Å². The van der Waals surface area contributed by atoms with Gasteiger partial charge in [-0.3, -0.25) is 9.88 Å². The SMILES string of the molecule is CS(=O)(=O)C1CSCCN1Cc1ccc(CN)cn1. The molecule has 5 nitrogen and oxygen atoms in total. The van der Waals surface area contributed by atoms with E-state index < -0.39 is 15.2 Å². The van der Waals surface area contributed by atoms with Gasteiger partial charge in [-0.05, 0) is 11.6 Å². The van der Waals surface area contributed by atoms with Crippen LogP contribution >= 0.6 is 11.8 Å². The smallest absolute Gasteiger partial charge is 0.164 e. The second kappa shape index (κ2) is 6.21. The molecule has 0 bridgehead atoms. The van der Waals surface area contributed by atoms with Crippen LogP contribution in [-0.4, -0.2) is 48.0 Å². The Morgan fingerprint density at radius 2 is 2.32 bits per heavy atom. The van der Waals surface area contributed by atoms with E-state index in [1.165, 1.54) is 6.26 Å². The quantitative estimate of drug-likeness (QED) is 0.871. The zero-order chi connectivity index (χ0) is 13.9. The summed E-state index contributed by atoms with van der Waals surface area (Å²) in [4.78, 5) is 6.33. The molecule has 1 saturated heterocycles. The minimum absolute atomic E-state index is 0.401. The Labute approximate surface area is 118 Å². The van der Waals surface area contributed by atoms with Gasteiger partial charge in [0.1, 0.15) is 5.37 Å². The predicted octanol–water partition coefficient (Wildman–Crippen LogP) is 0.460. The zero-order valence-electron chi connectivity index (χ0n) is 10.9. The van der Waals surface area contributed by atoms with Gasteiger partial charge in [-0.1, -0.05) is 6.07 Å². The molecule has 1 aromatic rings. The largest absolute Gasteiger partial charge is 0.326 e. The molecule has 1 fully saturated rings. The lowest BCUT2D eigenvalue weighted by atomic mass is 10.2. The summed E-state index contributed by atoms with van der Waals surface area (Å²) in [5.74, 6) is 1.60. The molecule has 7 heteroatoms. The van der Waals surface area contributed by atoms with Crippen molar-refractivity contribution in [3.63, 3.8) is 0 Å². The molecule has 1 aliphatic rings. The maximum Gasteiger partial charge on any atom is 0.164 e. The Hall–Kier alpha value is -0.630. The van der Waals surface area contributed by atoms with Gasteiger partial charge >= 0.3 is 0 Å². The second-order valence-electron chi connectivity index (χ2n) is 4.69. The topological polar surface area (TPSA) is 76.3 Å². The van der Waals surface area contributed by atoms with Gasteiger partial charge in [0.25, 0.3) is 0 Å². The van der Waals surface area contributed by atoms with Gasteiger partial charge in [-0.15, -0.1) is 0 Å². The van der Waals surface area contributed by atoms with Crippen LogP contribution in [0.2, 0.25) is 0 Å². The third-order valence-corrected chi connectivity index (χ3v) is 5.86. The van der Waals surface area contributed by atoms with Gasteiger partial charge < -0.3 is 5.73 Å². The lowest BCUT2D eigenvalue weighted by Gasteiger charge is -2.33. The average molecular weight is 301 g/mol. The Morgan fingerprint density at radius 3 is 2.89 bits per heavy atom. The van der Waals surface area contributed by atoms with Crippen LogP contribution < -0.4 is 5.73 Å². The molecule has 2 heterocycles. The molecule has 0 spiro atoms. The predicted molar refractivity (Wildman–Crippen MR) is 78.5 cm³/mol. The van der Waals surface area contributed by atoms with Gasteiger partial charge in [0.05, 0.1) is 5.69 Å². The fourth-order valence-corrected chi connectivity index (χ4v) is 5.01. The van der Waals surface area contributed by atoms with E-state index in [-0.39, 0.29) is 0 Å². The summed E-state index contributed by atoms with van der Waals surface area (Å²) in [7, 11) is -3.05. The van der Waals surface area contributed by atoms with Gasteiger partial charge in [0, 0.05) is 43.6 Å². The fourth-order valence-electron chi connectivity index (χ4n) is 2.07. The highest BCUT2D eigenvalue weighted by Gasteiger charge is 2.30. The van der Waals surface area contributed by atoms with Gasteiger partial charge in [-0.2, -0.15) is 11.8 Å². The molecule has 0 radical (unpaired) electrons. The van der Waals surface area contributed by atoms with E-state index in [0.29, 0.717) is 18.8 Å². The van der Waals surface area contributed by atoms with Crippen LogP contribution in [0.3, 0.4) is 0 Å². The molecular formula is C12H19N3O2S2. The van der Waals surface area contributed by atoms with Crippen molar-refractivity contribution in [2.45, 2.75) is 18.5 Å². The highest BCUT2D eigenvalue weighted by atomic mass is 32.2. The number of hydrogen-bond acceptors (Lipinski definition) is 6. The number of sulfone groups is 1. The Morgan fingerprint density at radius 1 is 1.53 bits per heavy atom. The van der Waals surface area contributed by atoms with Crippen molar-refractivity contribution in [1.82, 2.24) is 9.88 Å². The molecule has 1 atom stereocenters. The van der Waals surface area contributed by atoms with E-state index in [4.69, 9.17) is 5.73 Å². The summed E-state index contributed by atoms with van der Waals surface area (Å²) in [6.45, 7) is 1.82. The third-order valence-electron chi connectivity index (χ3n) is 3.17. The van der Waals surface area contributed by atoms with Gasteiger partial charge in [-0.25, -0.2) is 8.42 Å². The van der Waals surface area contributed by atoms with Crippen LogP contribution in [0.15, 0.2) is 18.3 Å². The van der Waals surface area contributed by atoms with Crippen molar-refractivity contribution in [1.29, 1.82) is 0 Å². The van der Waals surface area contributed by atoms with Crippen molar-refractivity contribution in [2.24, 2.45) is 5.73 Å². The molecule has 19 heavy (non-hydrogen) atoms. The molecule has 0 saturated carbocycles. The first kappa shape index (κ1) is 14.8. The number of aromatic nitrogens is 1. The summed E-state index contributed by atoms with van der Waals surface area (Å²) in [5, 5.41) is -0.401. The van der Waals surface area contributed by atoms with Crippen molar-refractivity contribution < 1.29 is 8.42 Å². The Bertz CT molecular complexity index is 516. The molecule has 0 aromatic carbocycles. The summed E-state index contributed by atoms with van der Waals surface area (Å²) < 4.78 is 23.6. The van der Waals surface area contributed by atoms with Gasteiger partial charge in [0.15, 0.2) is 9.84 Å². The number of pyridine rings is 1. The lowest BCUT2D eigenvalue weighted by Crippen LogP contribution is -2.46. The molecule has 2 N–H and O–H groups in total. The lowest BCUT2D eigenvalue weighted by molar-refractivity contribution is 0.259. The fraction of sp³-hybridized carbons (Fsp3) is 0.583. The maximum atomic E-state index is 11.8. The Balaban J connectivity index is 2.10. The second-order valence-corrected chi connectivity index (χ2v) is 8.04. The average Bonchev–Trinajstić information content (AvgIpc) is 2.39. The maximum absolute atomic E-state index is 11.8. The van der Waals surface area contributed by atoms with Crippen molar-refractivity contribution >= 4 is 21.6 Å². The van der Waals surface area contributed by atoms with E-state index in [9.17, 15) is 8.42 Å². The van der Waals surface area contributed by atoms with Crippen molar-refractivity contribution in [2.75, 3.05) is 24.3 Å². The van der Waals surface area contributed by atoms with E-state index in [0.717, 1.165) is 23.6 Å². The van der Waals surface area contributed by atoms with Crippen molar-refractivity contribution in [3.05, 3.63) is 29.6 Å². The first-order valence-corrected chi connectivity index (χ1v) is 9.26. The summed E-state index contributed by atoms with van der Waals surface area (Å²) in [5.41, 5.74) is 7.40. The normalized spacial score (nSPS) is 21.5. The number of thioether (sulfide) groups is 1. The number of nitrogens with zero attached hydrogens (tertiary/aromatic N) is 2. The first-order valence-electron chi connectivity index (χ1n) is 6.15.